The van der Waals surface area contributed by atoms with Gasteiger partial charge in [-0.1, -0.05) is 0 Å². The number of aryl methyl sites for hydroxylation is 1. The summed E-state index contributed by atoms with van der Waals surface area (Å²) in [7, 11) is 0. The third-order valence-corrected chi connectivity index (χ3v) is 3.88. The minimum atomic E-state index is -0.00668. The average molecular weight is 272 g/mol. The van der Waals surface area contributed by atoms with Gasteiger partial charge in [-0.25, -0.2) is 4.98 Å². The number of hydrogen-bond donors (Lipinski definition) is 1. The molecule has 1 N–H and O–H groups in total. The van der Waals surface area contributed by atoms with Gasteiger partial charge in [0.05, 0.1) is 5.69 Å². The highest BCUT2D eigenvalue weighted by Gasteiger charge is 2.18. The van der Waals surface area contributed by atoms with Crippen LogP contribution in [0.2, 0.25) is 0 Å². The van der Waals surface area contributed by atoms with Crippen molar-refractivity contribution in [3.8, 4) is 0 Å². The molecule has 1 aliphatic heterocycles. The Kier molecular flexibility index (Phi) is 3.54. The molecule has 1 aliphatic rings. The molecular weight excluding hydrogens is 252 g/mol. The lowest BCUT2D eigenvalue weighted by Gasteiger charge is -2.33. The number of aromatic nitrogens is 2. The van der Waals surface area contributed by atoms with E-state index in [1.165, 1.54) is 0 Å². The summed E-state index contributed by atoms with van der Waals surface area (Å²) >= 11 is 0. The zero-order chi connectivity index (χ0) is 14.1. The van der Waals surface area contributed by atoms with Crippen LogP contribution in [-0.2, 0) is 6.54 Å². The second-order valence-electron chi connectivity index (χ2n) is 5.54. The van der Waals surface area contributed by atoms with E-state index in [2.05, 4.69) is 22.1 Å². The van der Waals surface area contributed by atoms with Gasteiger partial charge in [-0.3, -0.25) is 14.1 Å². The Hall–Kier alpha value is -1.72. The van der Waals surface area contributed by atoms with E-state index in [1.807, 2.05) is 19.1 Å². The van der Waals surface area contributed by atoms with Gasteiger partial charge in [0.2, 0.25) is 0 Å². The molecule has 3 rings (SSSR count). The monoisotopic (exact) mass is 272 g/mol. The number of nitrogens with zero attached hydrogens (tertiary/aromatic N) is 3. The maximum absolute atomic E-state index is 12.1. The first-order chi connectivity index (χ1) is 9.63. The molecule has 2 aromatic rings. The number of pyridine rings is 1. The van der Waals surface area contributed by atoms with Gasteiger partial charge in [-0.15, -0.1) is 0 Å². The third kappa shape index (κ3) is 2.59. The Morgan fingerprint density at radius 2 is 2.30 bits per heavy atom. The summed E-state index contributed by atoms with van der Waals surface area (Å²) in [6.45, 7) is 7.93. The van der Waals surface area contributed by atoms with Crippen LogP contribution in [0.4, 0.5) is 0 Å². The maximum Gasteiger partial charge on any atom is 0.258 e. The highest BCUT2D eigenvalue weighted by molar-refractivity contribution is 5.41. The first-order valence-corrected chi connectivity index (χ1v) is 7.07. The fraction of sp³-hybridized carbons (Fsp3) is 0.467. The van der Waals surface area contributed by atoms with E-state index >= 15 is 0 Å². The van der Waals surface area contributed by atoms with Crippen molar-refractivity contribution in [2.45, 2.75) is 26.4 Å². The fourth-order valence-corrected chi connectivity index (χ4v) is 2.66. The Morgan fingerprint density at radius 1 is 1.45 bits per heavy atom. The third-order valence-electron chi connectivity index (χ3n) is 3.88. The zero-order valence-electron chi connectivity index (χ0n) is 12.0. The van der Waals surface area contributed by atoms with E-state index in [1.54, 1.807) is 16.7 Å². The Balaban J connectivity index is 1.93. The Bertz CT molecular complexity index is 679. The average Bonchev–Trinajstić information content (AvgIpc) is 2.41. The highest BCUT2D eigenvalue weighted by Crippen LogP contribution is 2.09. The normalized spacial score (nSPS) is 20.4. The van der Waals surface area contributed by atoms with Crippen molar-refractivity contribution in [1.82, 2.24) is 19.6 Å². The molecule has 2 aromatic heterocycles. The van der Waals surface area contributed by atoms with Crippen LogP contribution in [0.1, 0.15) is 18.2 Å². The lowest BCUT2D eigenvalue weighted by molar-refractivity contribution is 0.164. The van der Waals surface area contributed by atoms with E-state index in [0.717, 1.165) is 43.1 Å². The molecule has 1 fully saturated rings. The van der Waals surface area contributed by atoms with E-state index in [9.17, 15) is 4.79 Å². The van der Waals surface area contributed by atoms with Gasteiger partial charge >= 0.3 is 0 Å². The maximum atomic E-state index is 12.1. The number of nitrogens with one attached hydrogen (secondary N) is 1. The molecule has 0 amide bonds. The van der Waals surface area contributed by atoms with Crippen LogP contribution in [0.3, 0.4) is 0 Å². The summed E-state index contributed by atoms with van der Waals surface area (Å²) in [6, 6.07) is 6.00. The second kappa shape index (κ2) is 5.34. The van der Waals surface area contributed by atoms with Gasteiger partial charge in [-0.2, -0.15) is 0 Å². The molecule has 0 radical (unpaired) electrons. The summed E-state index contributed by atoms with van der Waals surface area (Å²) in [4.78, 5) is 19.1. The molecule has 0 saturated carbocycles. The zero-order valence-corrected chi connectivity index (χ0v) is 12.0. The molecule has 106 valence electrons. The van der Waals surface area contributed by atoms with Crippen LogP contribution in [0.15, 0.2) is 29.2 Å². The van der Waals surface area contributed by atoms with Gasteiger partial charge in [0.15, 0.2) is 0 Å². The van der Waals surface area contributed by atoms with Crippen molar-refractivity contribution < 1.29 is 0 Å². The second-order valence-corrected chi connectivity index (χ2v) is 5.54. The molecule has 0 aromatic carbocycles. The summed E-state index contributed by atoms with van der Waals surface area (Å²) in [5.41, 5.74) is 2.70. The standard InChI is InChI=1S/C15H20N4O/c1-11-3-5-19-14(7-11)17-13(8-15(19)20)10-18-6-4-16-9-12(18)2/h3,5,7-8,12,16H,4,6,9-10H2,1-2H3/t12-/m1/s1. The minimum Gasteiger partial charge on any atom is -0.314 e. The molecule has 3 heterocycles. The first-order valence-electron chi connectivity index (χ1n) is 7.07. The van der Waals surface area contributed by atoms with Gasteiger partial charge in [0, 0.05) is 44.5 Å². The Morgan fingerprint density at radius 3 is 3.10 bits per heavy atom. The summed E-state index contributed by atoms with van der Waals surface area (Å²) in [6.07, 6.45) is 1.79. The molecule has 1 atom stereocenters. The van der Waals surface area contributed by atoms with Crippen LogP contribution < -0.4 is 10.9 Å². The SMILES string of the molecule is Cc1ccn2c(=O)cc(CN3CCNC[C@H]3C)nc2c1. The smallest absolute Gasteiger partial charge is 0.258 e. The topological polar surface area (TPSA) is 49.6 Å². The number of fused-ring (bicyclic) bond motifs is 1. The van der Waals surface area contributed by atoms with E-state index in [0.29, 0.717) is 6.04 Å². The molecule has 1 saturated heterocycles. The molecule has 0 unspecified atom stereocenters. The van der Waals surface area contributed by atoms with E-state index < -0.39 is 0 Å². The molecule has 0 bridgehead atoms. The number of rotatable bonds is 2. The van der Waals surface area contributed by atoms with Crippen molar-refractivity contribution >= 4 is 5.65 Å². The largest absolute Gasteiger partial charge is 0.314 e. The van der Waals surface area contributed by atoms with E-state index in [4.69, 9.17) is 0 Å². The minimum absolute atomic E-state index is 0.00668. The van der Waals surface area contributed by atoms with Gasteiger partial charge in [-0.05, 0) is 31.5 Å². The lowest BCUT2D eigenvalue weighted by Crippen LogP contribution is -2.49. The van der Waals surface area contributed by atoms with Crippen LogP contribution in [0.25, 0.3) is 5.65 Å². The van der Waals surface area contributed by atoms with Crippen molar-refractivity contribution in [3.63, 3.8) is 0 Å². The van der Waals surface area contributed by atoms with Gasteiger partial charge in [0.1, 0.15) is 5.65 Å². The summed E-state index contributed by atoms with van der Waals surface area (Å²) < 4.78 is 1.59. The van der Waals surface area contributed by atoms with Crippen LogP contribution in [0, 0.1) is 6.92 Å². The van der Waals surface area contributed by atoms with Crippen molar-refractivity contribution in [1.29, 1.82) is 0 Å². The molecule has 20 heavy (non-hydrogen) atoms. The van der Waals surface area contributed by atoms with Crippen LogP contribution in [-0.4, -0.2) is 40.0 Å². The van der Waals surface area contributed by atoms with Crippen molar-refractivity contribution in [2.24, 2.45) is 0 Å². The quantitative estimate of drug-likeness (QED) is 0.878. The molecule has 0 spiro atoms. The van der Waals surface area contributed by atoms with Crippen molar-refractivity contribution in [2.75, 3.05) is 19.6 Å². The predicted molar refractivity (Wildman–Crippen MR) is 78.9 cm³/mol. The van der Waals surface area contributed by atoms with Gasteiger partial charge < -0.3 is 5.32 Å². The van der Waals surface area contributed by atoms with Crippen molar-refractivity contribution in [3.05, 3.63) is 46.0 Å². The van der Waals surface area contributed by atoms with Gasteiger partial charge in [0.25, 0.3) is 5.56 Å². The van der Waals surface area contributed by atoms with Crippen LogP contribution in [0.5, 0.6) is 0 Å². The molecular formula is C15H20N4O. The number of piperazine rings is 1. The fourth-order valence-electron chi connectivity index (χ4n) is 2.66. The molecule has 5 nitrogen and oxygen atoms in total. The lowest BCUT2D eigenvalue weighted by atomic mass is 10.2. The predicted octanol–water partition coefficient (Wildman–Crippen LogP) is 0.797. The first kappa shape index (κ1) is 13.3. The van der Waals surface area contributed by atoms with Crippen LogP contribution >= 0.6 is 0 Å². The Labute approximate surface area is 118 Å². The number of hydrogen-bond acceptors (Lipinski definition) is 4. The molecule has 5 heteroatoms. The molecule has 0 aliphatic carbocycles. The summed E-state index contributed by atoms with van der Waals surface area (Å²) in [5, 5.41) is 3.37. The summed E-state index contributed by atoms with van der Waals surface area (Å²) in [5.74, 6) is 0. The highest BCUT2D eigenvalue weighted by atomic mass is 16.1. The van der Waals surface area contributed by atoms with E-state index in [-0.39, 0.29) is 5.56 Å².